The molecule has 0 fully saturated rings. The van der Waals surface area contributed by atoms with E-state index in [1.54, 1.807) is 11.1 Å². The molecule has 0 atom stereocenters. The summed E-state index contributed by atoms with van der Waals surface area (Å²) in [5, 5.41) is 0. The van der Waals surface area contributed by atoms with Crippen LogP contribution in [-0.2, 0) is 17.3 Å². The lowest BCUT2D eigenvalue weighted by Crippen LogP contribution is -2.33. The van der Waals surface area contributed by atoms with Crippen molar-refractivity contribution in [2.75, 3.05) is 0 Å². The third kappa shape index (κ3) is 3.04. The van der Waals surface area contributed by atoms with Gasteiger partial charge in [-0.25, -0.2) is 0 Å². The van der Waals surface area contributed by atoms with Crippen molar-refractivity contribution in [1.82, 2.24) is 0 Å². The van der Waals surface area contributed by atoms with E-state index in [0.29, 0.717) is 5.41 Å². The summed E-state index contributed by atoms with van der Waals surface area (Å²) in [6.07, 6.45) is 8.69. The van der Waals surface area contributed by atoms with Gasteiger partial charge in [0.2, 0.25) is 0 Å². The summed E-state index contributed by atoms with van der Waals surface area (Å²) in [4.78, 5) is 0. The van der Waals surface area contributed by atoms with Gasteiger partial charge in [-0.05, 0) is 83.2 Å². The molecule has 2 aromatic carbocycles. The van der Waals surface area contributed by atoms with Crippen molar-refractivity contribution in [3.05, 3.63) is 69.8 Å². The molecular formula is C26H32. The summed E-state index contributed by atoms with van der Waals surface area (Å²) in [5.41, 5.74) is 11.0. The highest BCUT2D eigenvalue weighted by molar-refractivity contribution is 5.84. The van der Waals surface area contributed by atoms with Gasteiger partial charge in [0.15, 0.2) is 0 Å². The monoisotopic (exact) mass is 344 g/mol. The first kappa shape index (κ1) is 17.6. The van der Waals surface area contributed by atoms with E-state index in [-0.39, 0.29) is 5.41 Å². The Balaban J connectivity index is 1.79. The fourth-order valence-electron chi connectivity index (χ4n) is 4.89. The number of rotatable bonds is 1. The van der Waals surface area contributed by atoms with Gasteiger partial charge in [0, 0.05) is 0 Å². The third-order valence-electron chi connectivity index (χ3n) is 6.72. The zero-order chi connectivity index (χ0) is 18.5. The maximum atomic E-state index is 2.48. The Morgan fingerprint density at radius 1 is 0.808 bits per heavy atom. The molecule has 0 radical (unpaired) electrons. The van der Waals surface area contributed by atoms with Crippen LogP contribution in [0.3, 0.4) is 0 Å². The van der Waals surface area contributed by atoms with Crippen LogP contribution < -0.4 is 0 Å². The average Bonchev–Trinajstić information content (AvgIpc) is 2.59. The zero-order valence-electron chi connectivity index (χ0n) is 17.1. The Morgan fingerprint density at radius 2 is 1.54 bits per heavy atom. The zero-order valence-corrected chi connectivity index (χ0v) is 17.1. The van der Waals surface area contributed by atoms with Crippen LogP contribution in [0.15, 0.2) is 36.4 Å². The minimum Gasteiger partial charge on any atom is -0.0587 e. The molecule has 2 aliphatic carbocycles. The first-order valence-corrected chi connectivity index (χ1v) is 10.2. The summed E-state index contributed by atoms with van der Waals surface area (Å²) in [6.45, 7) is 11.8. The summed E-state index contributed by atoms with van der Waals surface area (Å²) in [5.74, 6) is 0. The standard InChI is InChI=1S/C26H32/c1-18-9-11-22-20(15-18)7-6-8-21(22)16-19-10-12-23-24(17-19)26(4,5)14-13-25(23,2)3/h9-12,15-17H,6-8,13-14H2,1-5H3/b21-16-. The van der Waals surface area contributed by atoms with Crippen LogP contribution in [0, 0.1) is 6.92 Å². The van der Waals surface area contributed by atoms with E-state index in [1.807, 2.05) is 0 Å². The number of fused-ring (bicyclic) bond motifs is 2. The topological polar surface area (TPSA) is 0 Å². The highest BCUT2D eigenvalue weighted by Crippen LogP contribution is 2.46. The summed E-state index contributed by atoms with van der Waals surface area (Å²) < 4.78 is 0. The second-order valence-electron chi connectivity index (χ2n) is 9.76. The molecular weight excluding hydrogens is 312 g/mol. The highest BCUT2D eigenvalue weighted by atomic mass is 14.4. The van der Waals surface area contributed by atoms with Gasteiger partial charge >= 0.3 is 0 Å². The molecule has 136 valence electrons. The van der Waals surface area contributed by atoms with Crippen LogP contribution in [0.5, 0.6) is 0 Å². The molecule has 2 aliphatic rings. The Hall–Kier alpha value is -1.82. The van der Waals surface area contributed by atoms with Crippen LogP contribution >= 0.6 is 0 Å². The number of benzene rings is 2. The summed E-state index contributed by atoms with van der Waals surface area (Å²) in [6, 6.07) is 14.2. The Kier molecular flexibility index (Phi) is 4.14. The van der Waals surface area contributed by atoms with E-state index in [4.69, 9.17) is 0 Å². The fourth-order valence-corrected chi connectivity index (χ4v) is 4.89. The SMILES string of the molecule is Cc1ccc2c(c1)CCC/C2=C/c1ccc2c(c1)C(C)(C)CCC2(C)C. The van der Waals surface area contributed by atoms with Gasteiger partial charge in [-0.1, -0.05) is 75.7 Å². The van der Waals surface area contributed by atoms with Gasteiger partial charge in [-0.3, -0.25) is 0 Å². The van der Waals surface area contributed by atoms with E-state index in [2.05, 4.69) is 77.1 Å². The van der Waals surface area contributed by atoms with Gasteiger partial charge in [0.1, 0.15) is 0 Å². The molecule has 0 aromatic heterocycles. The van der Waals surface area contributed by atoms with Gasteiger partial charge in [-0.2, -0.15) is 0 Å². The summed E-state index contributed by atoms with van der Waals surface area (Å²) in [7, 11) is 0. The number of aryl methyl sites for hydroxylation is 2. The van der Waals surface area contributed by atoms with E-state index < -0.39 is 0 Å². The minimum absolute atomic E-state index is 0.279. The smallest absolute Gasteiger partial charge is 0.0100 e. The number of hydrogen-bond acceptors (Lipinski definition) is 0. The van der Waals surface area contributed by atoms with E-state index in [9.17, 15) is 0 Å². The second kappa shape index (κ2) is 6.12. The van der Waals surface area contributed by atoms with Crippen molar-refractivity contribution < 1.29 is 0 Å². The van der Waals surface area contributed by atoms with E-state index in [0.717, 1.165) is 0 Å². The molecule has 26 heavy (non-hydrogen) atoms. The highest BCUT2D eigenvalue weighted by Gasteiger charge is 2.36. The predicted molar refractivity (Wildman–Crippen MR) is 114 cm³/mol. The molecule has 0 spiro atoms. The van der Waals surface area contributed by atoms with Gasteiger partial charge in [0.25, 0.3) is 0 Å². The minimum atomic E-state index is 0.279. The Bertz CT molecular complexity index is 877. The fraction of sp³-hybridized carbons (Fsp3) is 0.462. The molecule has 2 aromatic rings. The van der Waals surface area contributed by atoms with Gasteiger partial charge in [0.05, 0.1) is 0 Å². The Labute approximate surface area is 159 Å². The second-order valence-corrected chi connectivity index (χ2v) is 9.76. The molecule has 0 amide bonds. The van der Waals surface area contributed by atoms with Crippen molar-refractivity contribution in [1.29, 1.82) is 0 Å². The predicted octanol–water partition coefficient (Wildman–Crippen LogP) is 7.22. The molecule has 0 aliphatic heterocycles. The lowest BCUT2D eigenvalue weighted by atomic mass is 9.63. The lowest BCUT2D eigenvalue weighted by Gasteiger charge is -2.42. The quantitative estimate of drug-likeness (QED) is 0.512. The van der Waals surface area contributed by atoms with Crippen molar-refractivity contribution in [2.45, 2.75) is 77.6 Å². The number of hydrogen-bond donors (Lipinski definition) is 0. The molecule has 0 heterocycles. The van der Waals surface area contributed by atoms with Crippen molar-refractivity contribution in [2.24, 2.45) is 0 Å². The maximum absolute atomic E-state index is 2.48. The molecule has 0 saturated heterocycles. The van der Waals surface area contributed by atoms with Crippen LogP contribution in [0.25, 0.3) is 11.6 Å². The first-order valence-electron chi connectivity index (χ1n) is 10.2. The van der Waals surface area contributed by atoms with Crippen molar-refractivity contribution in [3.63, 3.8) is 0 Å². The summed E-state index contributed by atoms with van der Waals surface area (Å²) >= 11 is 0. The average molecular weight is 345 g/mol. The molecule has 0 nitrogen and oxygen atoms in total. The van der Waals surface area contributed by atoms with Gasteiger partial charge < -0.3 is 0 Å². The molecule has 0 unspecified atom stereocenters. The van der Waals surface area contributed by atoms with Crippen LogP contribution in [-0.4, -0.2) is 0 Å². The molecule has 0 saturated carbocycles. The maximum Gasteiger partial charge on any atom is -0.0100 e. The van der Waals surface area contributed by atoms with E-state index >= 15 is 0 Å². The van der Waals surface area contributed by atoms with Crippen LogP contribution in [0.1, 0.15) is 86.8 Å². The van der Waals surface area contributed by atoms with Crippen molar-refractivity contribution >= 4 is 11.6 Å². The largest absolute Gasteiger partial charge is 0.0587 e. The molecule has 0 heteroatoms. The third-order valence-corrected chi connectivity index (χ3v) is 6.72. The van der Waals surface area contributed by atoms with Crippen molar-refractivity contribution in [3.8, 4) is 0 Å². The lowest BCUT2D eigenvalue weighted by molar-refractivity contribution is 0.332. The number of allylic oxidation sites excluding steroid dienone is 1. The molecule has 4 rings (SSSR count). The normalized spacial score (nSPS) is 22.0. The first-order chi connectivity index (χ1) is 12.3. The van der Waals surface area contributed by atoms with E-state index in [1.165, 1.54) is 59.9 Å². The Morgan fingerprint density at radius 3 is 2.31 bits per heavy atom. The van der Waals surface area contributed by atoms with Crippen LogP contribution in [0.4, 0.5) is 0 Å². The molecule has 0 bridgehead atoms. The molecule has 0 N–H and O–H groups in total. The van der Waals surface area contributed by atoms with Crippen LogP contribution in [0.2, 0.25) is 0 Å². The van der Waals surface area contributed by atoms with Gasteiger partial charge in [-0.15, -0.1) is 0 Å².